The third-order valence-electron chi connectivity index (χ3n) is 3.51. The molecule has 0 aliphatic carbocycles. The fourth-order valence-electron chi connectivity index (χ4n) is 2.35. The number of amides is 2. The molecule has 3 aromatic rings. The van der Waals surface area contributed by atoms with Crippen LogP contribution in [-0.2, 0) is 0 Å². The van der Waals surface area contributed by atoms with E-state index in [4.69, 9.17) is 4.74 Å². The minimum atomic E-state index is -0.383. The summed E-state index contributed by atoms with van der Waals surface area (Å²) >= 11 is 0. The zero-order chi connectivity index (χ0) is 17.5. The molecule has 0 aliphatic heterocycles. The first-order chi connectivity index (χ1) is 12.3. The molecule has 2 amide bonds. The Bertz CT molecular complexity index is 788. The SMILES string of the molecule is COc1nccc(NC(=O)N[C@@H](c2ccccc2)c2ccncc2)n1. The van der Waals surface area contributed by atoms with Gasteiger partial charge in [-0.1, -0.05) is 30.3 Å². The highest BCUT2D eigenvalue weighted by Gasteiger charge is 2.17. The number of hydrogen-bond acceptors (Lipinski definition) is 5. The minimum Gasteiger partial charge on any atom is -0.467 e. The van der Waals surface area contributed by atoms with Crippen LogP contribution in [0.2, 0.25) is 0 Å². The number of methoxy groups -OCH3 is 1. The van der Waals surface area contributed by atoms with Gasteiger partial charge in [0.05, 0.1) is 13.2 Å². The van der Waals surface area contributed by atoms with Gasteiger partial charge in [0.1, 0.15) is 5.82 Å². The summed E-state index contributed by atoms with van der Waals surface area (Å²) in [4.78, 5) is 24.4. The molecule has 7 heteroatoms. The lowest BCUT2D eigenvalue weighted by Crippen LogP contribution is -2.33. The number of nitrogens with one attached hydrogen (secondary N) is 2. The number of aromatic nitrogens is 3. The second-order valence-electron chi connectivity index (χ2n) is 5.15. The van der Waals surface area contributed by atoms with E-state index in [1.807, 2.05) is 42.5 Å². The van der Waals surface area contributed by atoms with Gasteiger partial charge in [-0.2, -0.15) is 4.98 Å². The second-order valence-corrected chi connectivity index (χ2v) is 5.15. The number of hydrogen-bond donors (Lipinski definition) is 2. The Morgan fingerprint density at radius 3 is 2.44 bits per heavy atom. The van der Waals surface area contributed by atoms with Crippen molar-refractivity contribution in [3.63, 3.8) is 0 Å². The van der Waals surface area contributed by atoms with Crippen molar-refractivity contribution in [3.05, 3.63) is 78.2 Å². The highest BCUT2D eigenvalue weighted by Crippen LogP contribution is 2.21. The summed E-state index contributed by atoms with van der Waals surface area (Å²) in [6.07, 6.45) is 4.90. The van der Waals surface area contributed by atoms with Crippen molar-refractivity contribution in [1.29, 1.82) is 0 Å². The molecule has 126 valence electrons. The van der Waals surface area contributed by atoms with Gasteiger partial charge in [0.15, 0.2) is 0 Å². The molecule has 1 aromatic carbocycles. The number of anilines is 1. The van der Waals surface area contributed by atoms with E-state index in [1.54, 1.807) is 18.5 Å². The van der Waals surface area contributed by atoms with Gasteiger partial charge in [0, 0.05) is 18.6 Å². The number of nitrogens with zero attached hydrogens (tertiary/aromatic N) is 3. The lowest BCUT2D eigenvalue weighted by molar-refractivity contribution is 0.250. The normalized spacial score (nSPS) is 11.4. The monoisotopic (exact) mass is 335 g/mol. The molecule has 25 heavy (non-hydrogen) atoms. The summed E-state index contributed by atoms with van der Waals surface area (Å²) in [6, 6.07) is 14.5. The van der Waals surface area contributed by atoms with Crippen molar-refractivity contribution in [2.45, 2.75) is 6.04 Å². The average molecular weight is 335 g/mol. The molecular weight excluding hydrogens is 318 g/mol. The maximum absolute atomic E-state index is 12.4. The first-order valence-electron chi connectivity index (χ1n) is 7.65. The number of carbonyl (C=O) groups excluding carboxylic acids is 1. The predicted molar refractivity (Wildman–Crippen MR) is 93.3 cm³/mol. The van der Waals surface area contributed by atoms with E-state index < -0.39 is 0 Å². The summed E-state index contributed by atoms with van der Waals surface area (Å²) < 4.78 is 4.96. The Labute approximate surface area is 145 Å². The van der Waals surface area contributed by atoms with E-state index in [9.17, 15) is 4.79 Å². The van der Waals surface area contributed by atoms with Crippen molar-refractivity contribution >= 4 is 11.8 Å². The topological polar surface area (TPSA) is 89.0 Å². The maximum Gasteiger partial charge on any atom is 0.321 e. The summed E-state index contributed by atoms with van der Waals surface area (Å²) in [5.74, 6) is 0.353. The first-order valence-corrected chi connectivity index (χ1v) is 7.65. The highest BCUT2D eigenvalue weighted by molar-refractivity contribution is 5.88. The summed E-state index contributed by atoms with van der Waals surface area (Å²) in [6.45, 7) is 0. The smallest absolute Gasteiger partial charge is 0.321 e. The van der Waals surface area contributed by atoms with Crippen LogP contribution >= 0.6 is 0 Å². The molecule has 0 unspecified atom stereocenters. The van der Waals surface area contributed by atoms with Crippen LogP contribution in [0, 0.1) is 0 Å². The summed E-state index contributed by atoms with van der Waals surface area (Å²) in [5, 5.41) is 5.65. The third kappa shape index (κ3) is 4.29. The highest BCUT2D eigenvalue weighted by atomic mass is 16.5. The Hall–Kier alpha value is -3.48. The number of ether oxygens (including phenoxy) is 1. The molecule has 0 saturated carbocycles. The fraction of sp³-hybridized carbons (Fsp3) is 0.111. The summed E-state index contributed by atoms with van der Waals surface area (Å²) in [5.41, 5.74) is 1.89. The van der Waals surface area contributed by atoms with Gasteiger partial charge in [-0.15, -0.1) is 0 Å². The lowest BCUT2D eigenvalue weighted by atomic mass is 10.00. The maximum atomic E-state index is 12.4. The molecule has 0 bridgehead atoms. The Balaban J connectivity index is 1.79. The fourth-order valence-corrected chi connectivity index (χ4v) is 2.35. The van der Waals surface area contributed by atoms with Crippen molar-refractivity contribution in [2.24, 2.45) is 0 Å². The number of carbonyl (C=O) groups is 1. The van der Waals surface area contributed by atoms with E-state index in [0.29, 0.717) is 5.82 Å². The second kappa shape index (κ2) is 7.87. The molecule has 2 heterocycles. The molecule has 0 spiro atoms. The standard InChI is InChI=1S/C18H17N5O2/c1-25-18-20-12-9-15(22-18)21-17(24)23-16(13-5-3-2-4-6-13)14-7-10-19-11-8-14/h2-12,16H,1H3,(H2,20,21,22,23,24)/t16-/m0/s1. The van der Waals surface area contributed by atoms with Gasteiger partial charge in [-0.05, 0) is 29.3 Å². The van der Waals surface area contributed by atoms with Crippen LogP contribution in [0.15, 0.2) is 67.1 Å². The number of benzene rings is 1. The number of urea groups is 1. The largest absolute Gasteiger partial charge is 0.467 e. The van der Waals surface area contributed by atoms with Crippen LogP contribution in [0.5, 0.6) is 6.01 Å². The van der Waals surface area contributed by atoms with Crippen molar-refractivity contribution < 1.29 is 9.53 Å². The molecule has 0 aliphatic rings. The van der Waals surface area contributed by atoms with E-state index >= 15 is 0 Å². The van der Waals surface area contributed by atoms with Gasteiger partial charge >= 0.3 is 12.0 Å². The van der Waals surface area contributed by atoms with Crippen molar-refractivity contribution in [2.75, 3.05) is 12.4 Å². The zero-order valence-corrected chi connectivity index (χ0v) is 13.6. The third-order valence-corrected chi connectivity index (χ3v) is 3.51. The quantitative estimate of drug-likeness (QED) is 0.748. The van der Waals surface area contributed by atoms with Gasteiger partial charge in [-0.3, -0.25) is 10.3 Å². The van der Waals surface area contributed by atoms with Crippen LogP contribution in [0.25, 0.3) is 0 Å². The molecule has 0 saturated heterocycles. The van der Waals surface area contributed by atoms with Crippen molar-refractivity contribution in [3.8, 4) is 6.01 Å². The van der Waals surface area contributed by atoms with Gasteiger partial charge < -0.3 is 10.1 Å². The Morgan fingerprint density at radius 1 is 1.00 bits per heavy atom. The van der Waals surface area contributed by atoms with E-state index in [0.717, 1.165) is 11.1 Å². The van der Waals surface area contributed by atoms with Crippen LogP contribution in [-0.4, -0.2) is 28.1 Å². The van der Waals surface area contributed by atoms with Crippen LogP contribution in [0.1, 0.15) is 17.2 Å². The first kappa shape index (κ1) is 16.4. The lowest BCUT2D eigenvalue weighted by Gasteiger charge is -2.20. The number of pyridine rings is 1. The van der Waals surface area contributed by atoms with E-state index in [2.05, 4.69) is 25.6 Å². The molecule has 2 aromatic heterocycles. The summed E-state index contributed by atoms with van der Waals surface area (Å²) in [7, 11) is 1.47. The molecule has 7 nitrogen and oxygen atoms in total. The van der Waals surface area contributed by atoms with E-state index in [-0.39, 0.29) is 18.1 Å². The Morgan fingerprint density at radius 2 is 1.72 bits per heavy atom. The molecule has 3 rings (SSSR count). The van der Waals surface area contributed by atoms with Crippen molar-refractivity contribution in [1.82, 2.24) is 20.3 Å². The van der Waals surface area contributed by atoms with Gasteiger partial charge in [-0.25, -0.2) is 9.78 Å². The van der Waals surface area contributed by atoms with Crippen LogP contribution in [0.4, 0.5) is 10.6 Å². The van der Waals surface area contributed by atoms with Crippen LogP contribution in [0.3, 0.4) is 0 Å². The average Bonchev–Trinajstić information content (AvgIpc) is 2.67. The molecular formula is C18H17N5O2. The van der Waals surface area contributed by atoms with Gasteiger partial charge in [0.25, 0.3) is 0 Å². The number of rotatable bonds is 5. The predicted octanol–water partition coefficient (Wildman–Crippen LogP) is 2.79. The van der Waals surface area contributed by atoms with Crippen LogP contribution < -0.4 is 15.4 Å². The van der Waals surface area contributed by atoms with Gasteiger partial charge in [0.2, 0.25) is 0 Å². The Kier molecular flexibility index (Phi) is 5.16. The minimum absolute atomic E-state index is 0.187. The molecule has 0 radical (unpaired) electrons. The molecule has 0 fully saturated rings. The molecule has 1 atom stereocenters. The molecule has 2 N–H and O–H groups in total. The zero-order valence-electron chi connectivity index (χ0n) is 13.6. The van der Waals surface area contributed by atoms with E-state index in [1.165, 1.54) is 13.3 Å².